The molecule has 0 aliphatic carbocycles. The van der Waals surface area contributed by atoms with Gasteiger partial charge in [-0.05, 0) is 18.2 Å². The lowest BCUT2D eigenvalue weighted by Crippen LogP contribution is -2.41. The summed E-state index contributed by atoms with van der Waals surface area (Å²) >= 11 is 0. The highest BCUT2D eigenvalue weighted by molar-refractivity contribution is 6.08. The van der Waals surface area contributed by atoms with Crippen LogP contribution in [0.25, 0.3) is 10.9 Å². The maximum atomic E-state index is 14.2. The quantitative estimate of drug-likeness (QED) is 0.764. The Morgan fingerprint density at radius 3 is 2.67 bits per heavy atom. The first-order chi connectivity index (χ1) is 13.1. The van der Waals surface area contributed by atoms with Gasteiger partial charge in [0.1, 0.15) is 11.6 Å². The van der Waals surface area contributed by atoms with E-state index in [-0.39, 0.29) is 11.6 Å². The minimum Gasteiger partial charge on any atom is -0.378 e. The second-order valence-corrected chi connectivity index (χ2v) is 6.22. The van der Waals surface area contributed by atoms with Gasteiger partial charge in [0, 0.05) is 30.7 Å². The molecule has 0 atom stereocenters. The average Bonchev–Trinajstić information content (AvgIpc) is 2.70. The number of benzene rings is 2. The number of para-hydroxylation sites is 1. The van der Waals surface area contributed by atoms with Crippen molar-refractivity contribution >= 4 is 28.2 Å². The summed E-state index contributed by atoms with van der Waals surface area (Å²) in [5.41, 5.74) is 1.53. The van der Waals surface area contributed by atoms with Gasteiger partial charge in [-0.2, -0.15) is 0 Å². The Kier molecular flexibility index (Phi) is 4.68. The van der Waals surface area contributed by atoms with Crippen LogP contribution < -0.4 is 5.32 Å². The van der Waals surface area contributed by atoms with Crippen LogP contribution in [0.2, 0.25) is 0 Å². The number of carbonyl (C=O) groups excluding carboxylic acids is 1. The van der Waals surface area contributed by atoms with Gasteiger partial charge in [-0.3, -0.25) is 9.78 Å². The Morgan fingerprint density at radius 1 is 1.11 bits per heavy atom. The number of ether oxygens (including phenoxy) is 1. The normalized spacial score (nSPS) is 14.4. The molecular weight excluding hydrogens is 352 g/mol. The number of amides is 1. The number of fused-ring (bicyclic) bond motifs is 1. The molecule has 2 heterocycles. The van der Waals surface area contributed by atoms with Crippen molar-refractivity contribution in [1.29, 1.82) is 0 Å². The molecule has 2 aromatic carbocycles. The fourth-order valence-corrected chi connectivity index (χ4v) is 3.10. The van der Waals surface area contributed by atoms with Crippen LogP contribution in [0.15, 0.2) is 48.7 Å². The summed E-state index contributed by atoms with van der Waals surface area (Å²) in [4.78, 5) is 19.1. The Bertz CT molecular complexity index is 1000. The van der Waals surface area contributed by atoms with E-state index in [9.17, 15) is 13.6 Å². The van der Waals surface area contributed by atoms with Crippen LogP contribution in [-0.4, -0.2) is 42.1 Å². The number of carbonyl (C=O) groups is 1. The Balaban J connectivity index is 1.81. The number of hydrogen-bond donors (Lipinski definition) is 1. The zero-order valence-corrected chi connectivity index (χ0v) is 14.4. The van der Waals surface area contributed by atoms with Crippen molar-refractivity contribution < 1.29 is 18.3 Å². The standard InChI is InChI=1S/C20H17F2N3O2/c21-13-5-6-18(16(22)11-13)24-19-14-3-1-2-4-17(14)23-12-15(19)20(26)25-7-9-27-10-8-25/h1-6,11-12H,7-10H2,(H,23,24). The number of hydrogen-bond acceptors (Lipinski definition) is 4. The lowest BCUT2D eigenvalue weighted by molar-refractivity contribution is 0.0303. The number of aromatic nitrogens is 1. The minimum absolute atomic E-state index is 0.0868. The van der Waals surface area contributed by atoms with Crippen LogP contribution in [0.1, 0.15) is 10.4 Å². The van der Waals surface area contributed by atoms with Gasteiger partial charge in [-0.1, -0.05) is 18.2 Å². The van der Waals surface area contributed by atoms with Crippen molar-refractivity contribution in [3.8, 4) is 0 Å². The van der Waals surface area contributed by atoms with Crippen LogP contribution >= 0.6 is 0 Å². The Hall–Kier alpha value is -3.06. The predicted molar refractivity (Wildman–Crippen MR) is 98.1 cm³/mol. The molecule has 4 rings (SSSR count). The van der Waals surface area contributed by atoms with Crippen molar-refractivity contribution in [3.63, 3.8) is 0 Å². The fourth-order valence-electron chi connectivity index (χ4n) is 3.10. The largest absolute Gasteiger partial charge is 0.378 e. The number of nitrogens with one attached hydrogen (secondary N) is 1. The highest BCUT2D eigenvalue weighted by atomic mass is 19.1. The van der Waals surface area contributed by atoms with Crippen LogP contribution in [0, 0.1) is 11.6 Å². The van der Waals surface area contributed by atoms with E-state index in [1.165, 1.54) is 12.3 Å². The molecule has 1 aliphatic heterocycles. The van der Waals surface area contributed by atoms with Crippen LogP contribution in [0.4, 0.5) is 20.2 Å². The first-order valence-corrected chi connectivity index (χ1v) is 8.60. The maximum Gasteiger partial charge on any atom is 0.257 e. The van der Waals surface area contributed by atoms with E-state index in [2.05, 4.69) is 10.3 Å². The average molecular weight is 369 g/mol. The molecule has 3 aromatic rings. The SMILES string of the molecule is O=C(c1cnc2ccccc2c1Nc1ccc(F)cc1F)N1CCOCC1. The first kappa shape index (κ1) is 17.4. The highest BCUT2D eigenvalue weighted by Crippen LogP contribution is 2.31. The van der Waals surface area contributed by atoms with E-state index >= 15 is 0 Å². The van der Waals surface area contributed by atoms with Gasteiger partial charge in [-0.25, -0.2) is 8.78 Å². The summed E-state index contributed by atoms with van der Waals surface area (Å²) < 4.78 is 32.7. The van der Waals surface area contributed by atoms with Crippen molar-refractivity contribution in [2.45, 2.75) is 0 Å². The maximum absolute atomic E-state index is 14.2. The van der Waals surface area contributed by atoms with Gasteiger partial charge < -0.3 is 15.0 Å². The van der Waals surface area contributed by atoms with Gasteiger partial charge in [0.2, 0.25) is 0 Å². The van der Waals surface area contributed by atoms with Crippen LogP contribution in [0.5, 0.6) is 0 Å². The molecule has 1 fully saturated rings. The number of anilines is 2. The van der Waals surface area contributed by atoms with Crippen molar-refractivity contribution in [2.75, 3.05) is 31.6 Å². The monoisotopic (exact) mass is 369 g/mol. The summed E-state index contributed by atoms with van der Waals surface area (Å²) in [6.45, 7) is 1.91. The summed E-state index contributed by atoms with van der Waals surface area (Å²) in [6, 6.07) is 10.5. The summed E-state index contributed by atoms with van der Waals surface area (Å²) in [5.74, 6) is -1.61. The molecule has 0 saturated carbocycles. The highest BCUT2D eigenvalue weighted by Gasteiger charge is 2.23. The Labute approximate surface area is 154 Å². The van der Waals surface area contributed by atoms with Crippen LogP contribution in [-0.2, 0) is 4.74 Å². The molecule has 1 saturated heterocycles. The molecule has 138 valence electrons. The molecule has 1 aliphatic rings. The second-order valence-electron chi connectivity index (χ2n) is 6.22. The number of rotatable bonds is 3. The molecule has 27 heavy (non-hydrogen) atoms. The van der Waals surface area contributed by atoms with E-state index in [0.29, 0.717) is 48.5 Å². The number of halogens is 2. The van der Waals surface area contributed by atoms with Gasteiger partial charge >= 0.3 is 0 Å². The lowest BCUT2D eigenvalue weighted by Gasteiger charge is -2.28. The van der Waals surface area contributed by atoms with E-state index in [4.69, 9.17) is 4.74 Å². The molecule has 1 aromatic heterocycles. The first-order valence-electron chi connectivity index (χ1n) is 8.60. The molecule has 0 bridgehead atoms. The lowest BCUT2D eigenvalue weighted by atomic mass is 10.1. The van der Waals surface area contributed by atoms with Crippen molar-refractivity contribution in [1.82, 2.24) is 9.88 Å². The number of nitrogens with zero attached hydrogens (tertiary/aromatic N) is 2. The van der Waals surface area contributed by atoms with Crippen molar-refractivity contribution in [3.05, 3.63) is 65.9 Å². The van der Waals surface area contributed by atoms with Gasteiger partial charge in [0.25, 0.3) is 5.91 Å². The predicted octanol–water partition coefficient (Wildman–Crippen LogP) is 3.73. The van der Waals surface area contributed by atoms with Crippen LogP contribution in [0.3, 0.4) is 0 Å². The zero-order chi connectivity index (χ0) is 18.8. The van der Waals surface area contributed by atoms with Gasteiger partial charge in [0.15, 0.2) is 0 Å². The van der Waals surface area contributed by atoms with E-state index < -0.39 is 11.6 Å². The smallest absolute Gasteiger partial charge is 0.257 e. The molecule has 1 amide bonds. The summed E-state index contributed by atoms with van der Waals surface area (Å²) in [7, 11) is 0. The molecule has 7 heteroatoms. The van der Waals surface area contributed by atoms with Gasteiger partial charge in [-0.15, -0.1) is 0 Å². The summed E-state index contributed by atoms with van der Waals surface area (Å²) in [6.07, 6.45) is 1.49. The zero-order valence-electron chi connectivity index (χ0n) is 14.4. The second kappa shape index (κ2) is 7.28. The number of pyridine rings is 1. The minimum atomic E-state index is -0.735. The van der Waals surface area contributed by atoms with E-state index in [1.54, 1.807) is 4.90 Å². The molecule has 1 N–H and O–H groups in total. The third-order valence-corrected chi connectivity index (χ3v) is 4.49. The number of morpholine rings is 1. The van der Waals surface area contributed by atoms with Crippen molar-refractivity contribution in [2.24, 2.45) is 0 Å². The van der Waals surface area contributed by atoms with Gasteiger partial charge in [0.05, 0.1) is 35.7 Å². The van der Waals surface area contributed by atoms with E-state index in [0.717, 1.165) is 12.1 Å². The Morgan fingerprint density at radius 2 is 1.89 bits per heavy atom. The molecular formula is C20H17F2N3O2. The molecule has 0 radical (unpaired) electrons. The van der Waals surface area contributed by atoms with E-state index in [1.807, 2.05) is 24.3 Å². The molecule has 0 unspecified atom stereocenters. The molecule has 0 spiro atoms. The topological polar surface area (TPSA) is 54.5 Å². The third-order valence-electron chi connectivity index (χ3n) is 4.49. The molecule has 5 nitrogen and oxygen atoms in total. The third kappa shape index (κ3) is 3.46. The summed E-state index contributed by atoms with van der Waals surface area (Å²) in [5, 5.41) is 3.65. The fraction of sp³-hybridized carbons (Fsp3) is 0.200.